The summed E-state index contributed by atoms with van der Waals surface area (Å²) in [6.45, 7) is 2.05. The number of ether oxygens (including phenoxy) is 1. The Morgan fingerprint density at radius 1 is 1.42 bits per heavy atom. The van der Waals surface area contributed by atoms with Gasteiger partial charge in [-0.25, -0.2) is 0 Å². The van der Waals surface area contributed by atoms with E-state index in [-0.39, 0.29) is 11.5 Å². The topological polar surface area (TPSA) is 41.5 Å². The van der Waals surface area contributed by atoms with E-state index in [1.54, 1.807) is 7.11 Å². The van der Waals surface area contributed by atoms with Crippen molar-refractivity contribution in [3.8, 4) is 0 Å². The van der Waals surface area contributed by atoms with Gasteiger partial charge < -0.3 is 15.2 Å². The summed E-state index contributed by atoms with van der Waals surface area (Å²) in [6, 6.07) is 0. The fraction of sp³-hybridized carbons (Fsp3) is 1.00. The van der Waals surface area contributed by atoms with E-state index in [1.165, 1.54) is 0 Å². The van der Waals surface area contributed by atoms with Crippen molar-refractivity contribution < 1.29 is 9.84 Å². The van der Waals surface area contributed by atoms with Crippen molar-refractivity contribution >= 4 is 0 Å². The molecule has 2 aliphatic rings. The van der Waals surface area contributed by atoms with Crippen LogP contribution in [-0.4, -0.2) is 37.5 Å². The second kappa shape index (κ2) is 2.98. The van der Waals surface area contributed by atoms with Gasteiger partial charge in [0.15, 0.2) is 0 Å². The van der Waals surface area contributed by atoms with Crippen LogP contribution in [0.1, 0.15) is 19.3 Å². The highest BCUT2D eigenvalue weighted by Crippen LogP contribution is 2.49. The molecule has 0 amide bonds. The van der Waals surface area contributed by atoms with Crippen molar-refractivity contribution in [3.63, 3.8) is 0 Å². The third-order valence-corrected chi connectivity index (χ3v) is 3.56. The van der Waals surface area contributed by atoms with Crippen molar-refractivity contribution in [2.45, 2.75) is 31.5 Å². The van der Waals surface area contributed by atoms with E-state index in [0.717, 1.165) is 32.4 Å². The molecule has 12 heavy (non-hydrogen) atoms. The molecule has 2 unspecified atom stereocenters. The van der Waals surface area contributed by atoms with Gasteiger partial charge >= 0.3 is 0 Å². The number of piperidine rings is 1. The number of aliphatic hydroxyl groups is 1. The second-order valence-corrected chi connectivity index (χ2v) is 3.96. The standard InChI is InChI=1S/C9H17NO2/c1-12-8-6-7(11)9(8)2-4-10-5-3-9/h7-8,10-11H,2-6H2,1H3. The number of hydrogen-bond donors (Lipinski definition) is 2. The molecule has 3 heteroatoms. The molecule has 2 N–H and O–H groups in total. The molecular weight excluding hydrogens is 154 g/mol. The largest absolute Gasteiger partial charge is 0.392 e. The molecule has 0 aromatic heterocycles. The molecule has 70 valence electrons. The minimum Gasteiger partial charge on any atom is -0.392 e. The lowest BCUT2D eigenvalue weighted by atomic mass is 9.58. The van der Waals surface area contributed by atoms with Gasteiger partial charge in [0.1, 0.15) is 0 Å². The van der Waals surface area contributed by atoms with Crippen LogP contribution >= 0.6 is 0 Å². The van der Waals surface area contributed by atoms with Crippen molar-refractivity contribution in [1.82, 2.24) is 5.32 Å². The van der Waals surface area contributed by atoms with Crippen molar-refractivity contribution in [2.75, 3.05) is 20.2 Å². The zero-order valence-corrected chi connectivity index (χ0v) is 7.55. The van der Waals surface area contributed by atoms with E-state index in [2.05, 4.69) is 5.32 Å². The number of aliphatic hydroxyl groups excluding tert-OH is 1. The fourth-order valence-corrected chi connectivity index (χ4v) is 2.60. The number of nitrogens with one attached hydrogen (secondary N) is 1. The van der Waals surface area contributed by atoms with E-state index in [1.807, 2.05) is 0 Å². The monoisotopic (exact) mass is 171 g/mol. The second-order valence-electron chi connectivity index (χ2n) is 3.96. The first-order valence-corrected chi connectivity index (χ1v) is 4.71. The quantitative estimate of drug-likeness (QED) is 0.589. The summed E-state index contributed by atoms with van der Waals surface area (Å²) in [5.41, 5.74) is 0.0972. The zero-order valence-electron chi connectivity index (χ0n) is 7.55. The van der Waals surface area contributed by atoms with Gasteiger partial charge in [-0.3, -0.25) is 0 Å². The highest BCUT2D eigenvalue weighted by molar-refractivity contribution is 5.05. The lowest BCUT2D eigenvalue weighted by Crippen LogP contribution is -2.61. The summed E-state index contributed by atoms with van der Waals surface area (Å²) in [5.74, 6) is 0. The van der Waals surface area contributed by atoms with E-state index in [4.69, 9.17) is 4.74 Å². The molecule has 1 heterocycles. The summed E-state index contributed by atoms with van der Waals surface area (Å²) < 4.78 is 5.36. The predicted molar refractivity (Wildman–Crippen MR) is 46.0 cm³/mol. The van der Waals surface area contributed by atoms with Crippen molar-refractivity contribution in [2.24, 2.45) is 5.41 Å². The molecular formula is C9H17NO2. The molecule has 3 nitrogen and oxygen atoms in total. The molecule has 0 aromatic carbocycles. The molecule has 2 fully saturated rings. The Bertz CT molecular complexity index is 166. The maximum absolute atomic E-state index is 9.72. The van der Waals surface area contributed by atoms with E-state index in [9.17, 15) is 5.11 Å². The van der Waals surface area contributed by atoms with Crippen LogP contribution in [0.3, 0.4) is 0 Å². The van der Waals surface area contributed by atoms with Gasteiger partial charge in [-0.05, 0) is 25.9 Å². The normalized spacial score (nSPS) is 39.5. The van der Waals surface area contributed by atoms with Gasteiger partial charge in [-0.2, -0.15) is 0 Å². The van der Waals surface area contributed by atoms with Crippen LogP contribution in [-0.2, 0) is 4.74 Å². The van der Waals surface area contributed by atoms with Crippen LogP contribution in [0.4, 0.5) is 0 Å². The van der Waals surface area contributed by atoms with Crippen LogP contribution in [0.5, 0.6) is 0 Å². The van der Waals surface area contributed by atoms with Crippen molar-refractivity contribution in [3.05, 3.63) is 0 Å². The highest BCUT2D eigenvalue weighted by atomic mass is 16.5. The SMILES string of the molecule is COC1CC(O)C12CCNCC2. The maximum atomic E-state index is 9.72. The van der Waals surface area contributed by atoms with Gasteiger partial charge in [0.2, 0.25) is 0 Å². The van der Waals surface area contributed by atoms with Crippen LogP contribution in [0.15, 0.2) is 0 Å². The fourth-order valence-electron chi connectivity index (χ4n) is 2.60. The Balaban J connectivity index is 2.05. The number of methoxy groups -OCH3 is 1. The van der Waals surface area contributed by atoms with E-state index < -0.39 is 0 Å². The molecule has 1 spiro atoms. The van der Waals surface area contributed by atoms with Gasteiger partial charge in [0, 0.05) is 18.9 Å². The summed E-state index contributed by atoms with van der Waals surface area (Å²) >= 11 is 0. The minimum atomic E-state index is -0.121. The zero-order chi connectivity index (χ0) is 8.60. The van der Waals surface area contributed by atoms with Crippen LogP contribution in [0.25, 0.3) is 0 Å². The molecule has 2 rings (SSSR count). The summed E-state index contributed by atoms with van der Waals surface area (Å²) in [5, 5.41) is 13.0. The van der Waals surface area contributed by atoms with Crippen molar-refractivity contribution in [1.29, 1.82) is 0 Å². The summed E-state index contributed by atoms with van der Waals surface area (Å²) in [6.07, 6.45) is 3.13. The Hall–Kier alpha value is -0.120. The maximum Gasteiger partial charge on any atom is 0.0678 e. The van der Waals surface area contributed by atoms with E-state index in [0.29, 0.717) is 6.10 Å². The van der Waals surface area contributed by atoms with Crippen LogP contribution in [0, 0.1) is 5.41 Å². The first-order valence-electron chi connectivity index (χ1n) is 4.71. The smallest absolute Gasteiger partial charge is 0.0678 e. The third kappa shape index (κ3) is 1.00. The van der Waals surface area contributed by atoms with Gasteiger partial charge in [-0.1, -0.05) is 0 Å². The molecule has 2 atom stereocenters. The molecule has 1 saturated carbocycles. The molecule has 0 radical (unpaired) electrons. The molecule has 0 aromatic rings. The van der Waals surface area contributed by atoms with Crippen LogP contribution in [0.2, 0.25) is 0 Å². The van der Waals surface area contributed by atoms with Crippen LogP contribution < -0.4 is 5.32 Å². The van der Waals surface area contributed by atoms with Gasteiger partial charge in [0.25, 0.3) is 0 Å². The van der Waals surface area contributed by atoms with E-state index >= 15 is 0 Å². The number of hydrogen-bond acceptors (Lipinski definition) is 3. The number of rotatable bonds is 1. The summed E-state index contributed by atoms with van der Waals surface area (Å²) in [7, 11) is 1.75. The lowest BCUT2D eigenvalue weighted by molar-refractivity contribution is -0.192. The highest BCUT2D eigenvalue weighted by Gasteiger charge is 2.54. The minimum absolute atomic E-state index is 0.0972. The average Bonchev–Trinajstić information content (AvgIpc) is 2.15. The third-order valence-electron chi connectivity index (χ3n) is 3.56. The lowest BCUT2D eigenvalue weighted by Gasteiger charge is -2.54. The first-order chi connectivity index (χ1) is 5.79. The average molecular weight is 171 g/mol. The predicted octanol–water partition coefficient (Wildman–Crippen LogP) is 0.136. The van der Waals surface area contributed by atoms with Gasteiger partial charge in [0.05, 0.1) is 12.2 Å². The Labute approximate surface area is 73.1 Å². The summed E-state index contributed by atoms with van der Waals surface area (Å²) in [4.78, 5) is 0. The molecule has 1 aliphatic carbocycles. The molecule has 0 bridgehead atoms. The molecule has 1 aliphatic heterocycles. The Kier molecular flexibility index (Phi) is 2.10. The first kappa shape index (κ1) is 8.48. The Morgan fingerprint density at radius 3 is 2.58 bits per heavy atom. The molecule has 1 saturated heterocycles. The Morgan fingerprint density at radius 2 is 2.08 bits per heavy atom. The van der Waals surface area contributed by atoms with Gasteiger partial charge in [-0.15, -0.1) is 0 Å².